The Morgan fingerprint density at radius 2 is 2.03 bits per heavy atom. The quantitative estimate of drug-likeness (QED) is 0.577. The predicted octanol–water partition coefficient (Wildman–Crippen LogP) is 2.11. The van der Waals surface area contributed by atoms with Gasteiger partial charge in [0, 0.05) is 32.1 Å². The molecule has 0 bridgehead atoms. The molecular weight excluding hydrogens is 408 g/mol. The number of hydrogen-bond acceptors (Lipinski definition) is 8. The smallest absolute Gasteiger partial charge is 0.260 e. The molecule has 4 rings (SSSR count). The number of amides is 1. The first-order chi connectivity index (χ1) is 15.5. The summed E-state index contributed by atoms with van der Waals surface area (Å²) >= 11 is 0. The molecule has 0 radical (unpaired) electrons. The van der Waals surface area contributed by atoms with E-state index in [9.17, 15) is 4.79 Å². The van der Waals surface area contributed by atoms with Crippen molar-refractivity contribution in [2.45, 2.75) is 46.3 Å². The van der Waals surface area contributed by atoms with Crippen molar-refractivity contribution in [3.63, 3.8) is 0 Å². The highest BCUT2D eigenvalue weighted by Gasteiger charge is 2.24. The van der Waals surface area contributed by atoms with Crippen molar-refractivity contribution in [1.29, 1.82) is 0 Å². The largest absolute Gasteiger partial charge is 0.378 e. The van der Waals surface area contributed by atoms with Gasteiger partial charge in [0.05, 0.1) is 35.4 Å². The Bertz CT molecular complexity index is 1110. The second-order valence-electron chi connectivity index (χ2n) is 8.01. The number of aromatic nitrogens is 5. The molecule has 10 nitrogen and oxygen atoms in total. The maximum atomic E-state index is 13.1. The zero-order valence-electron chi connectivity index (χ0n) is 19.1. The van der Waals surface area contributed by atoms with E-state index in [1.165, 1.54) is 0 Å². The molecule has 0 atom stereocenters. The van der Waals surface area contributed by atoms with Gasteiger partial charge in [-0.2, -0.15) is 0 Å². The van der Waals surface area contributed by atoms with E-state index in [-0.39, 0.29) is 12.5 Å². The lowest BCUT2D eigenvalue weighted by Crippen LogP contribution is -2.44. The number of carbonyl (C=O) groups is 1. The van der Waals surface area contributed by atoms with Crippen LogP contribution in [0.5, 0.6) is 0 Å². The summed E-state index contributed by atoms with van der Waals surface area (Å²) in [6.45, 7) is 8.88. The zero-order chi connectivity index (χ0) is 22.7. The number of aryl methyl sites for hydroxylation is 2. The molecule has 3 aromatic rings. The number of methoxy groups -OCH3 is 1. The van der Waals surface area contributed by atoms with Crippen LogP contribution in [0.15, 0.2) is 18.6 Å². The lowest BCUT2D eigenvalue weighted by molar-refractivity contribution is 0.102. The molecule has 32 heavy (non-hydrogen) atoms. The van der Waals surface area contributed by atoms with E-state index in [1.54, 1.807) is 19.5 Å². The Hall–Kier alpha value is -3.11. The summed E-state index contributed by atoms with van der Waals surface area (Å²) in [6, 6.07) is 0.383. The highest BCUT2D eigenvalue weighted by atomic mass is 16.5. The summed E-state index contributed by atoms with van der Waals surface area (Å²) in [5.41, 5.74) is 3.32. The van der Waals surface area contributed by atoms with Crippen LogP contribution in [0, 0.1) is 13.8 Å². The molecule has 0 aromatic carbocycles. The van der Waals surface area contributed by atoms with E-state index in [0.29, 0.717) is 29.1 Å². The summed E-state index contributed by atoms with van der Waals surface area (Å²) in [5, 5.41) is 6.26. The van der Waals surface area contributed by atoms with E-state index in [4.69, 9.17) is 9.72 Å². The minimum Gasteiger partial charge on any atom is -0.378 e. The second-order valence-corrected chi connectivity index (χ2v) is 8.01. The van der Waals surface area contributed by atoms with Crippen LogP contribution < -0.4 is 15.5 Å². The molecule has 10 heteroatoms. The SMILES string of the molecule is CCN(c1ncc(C(=O)Nc2cn3cc(C)nc3c(C)n2)c(COC)n1)C1CCNCC1. The van der Waals surface area contributed by atoms with Crippen LogP contribution in [0.2, 0.25) is 0 Å². The summed E-state index contributed by atoms with van der Waals surface area (Å²) in [6.07, 6.45) is 7.32. The molecule has 1 fully saturated rings. The van der Waals surface area contributed by atoms with Crippen molar-refractivity contribution in [3.05, 3.63) is 41.2 Å². The zero-order valence-corrected chi connectivity index (χ0v) is 19.1. The predicted molar refractivity (Wildman–Crippen MR) is 122 cm³/mol. The fraction of sp³-hybridized carbons (Fsp3) is 0.500. The van der Waals surface area contributed by atoms with Crippen molar-refractivity contribution in [1.82, 2.24) is 29.7 Å². The van der Waals surface area contributed by atoms with Gasteiger partial charge in [-0.15, -0.1) is 0 Å². The fourth-order valence-corrected chi connectivity index (χ4v) is 4.18. The number of nitrogens with one attached hydrogen (secondary N) is 2. The molecule has 1 aliphatic heterocycles. The number of piperidine rings is 1. The molecule has 0 saturated carbocycles. The van der Waals surface area contributed by atoms with Gasteiger partial charge in [-0.25, -0.2) is 19.9 Å². The third-order valence-corrected chi connectivity index (χ3v) is 5.70. The molecule has 2 N–H and O–H groups in total. The van der Waals surface area contributed by atoms with Gasteiger partial charge in [-0.1, -0.05) is 0 Å². The maximum absolute atomic E-state index is 13.1. The number of fused-ring (bicyclic) bond motifs is 1. The van der Waals surface area contributed by atoms with Gasteiger partial charge in [0.25, 0.3) is 5.91 Å². The number of anilines is 2. The third-order valence-electron chi connectivity index (χ3n) is 5.70. The number of ether oxygens (including phenoxy) is 1. The van der Waals surface area contributed by atoms with Crippen LogP contribution in [0.1, 0.15) is 47.2 Å². The second kappa shape index (κ2) is 9.58. The van der Waals surface area contributed by atoms with Gasteiger partial charge in [0.2, 0.25) is 5.95 Å². The standard InChI is InChI=1S/C22H30N8O2/c1-5-30(16-6-8-23-9-7-16)22-24-10-17(18(27-22)13-32-4)21(31)28-19-12-29-11-14(2)25-20(29)15(3)26-19/h10-12,16,23H,5-9,13H2,1-4H3,(H,28,31). The summed E-state index contributed by atoms with van der Waals surface area (Å²) in [7, 11) is 1.59. The van der Waals surface area contributed by atoms with Crippen molar-refractivity contribution < 1.29 is 9.53 Å². The van der Waals surface area contributed by atoms with Crippen molar-refractivity contribution in [3.8, 4) is 0 Å². The maximum Gasteiger partial charge on any atom is 0.260 e. The molecular formula is C22H30N8O2. The van der Waals surface area contributed by atoms with Gasteiger partial charge in [0.1, 0.15) is 5.82 Å². The Labute approximate surface area is 187 Å². The summed E-state index contributed by atoms with van der Waals surface area (Å²) in [4.78, 5) is 33.5. The summed E-state index contributed by atoms with van der Waals surface area (Å²) < 4.78 is 7.20. The monoisotopic (exact) mass is 438 g/mol. The first-order valence-corrected chi connectivity index (χ1v) is 11.0. The normalized spacial score (nSPS) is 14.6. The molecule has 170 valence electrons. The molecule has 0 spiro atoms. The van der Waals surface area contributed by atoms with Crippen molar-refractivity contribution in [2.75, 3.05) is 37.0 Å². The van der Waals surface area contributed by atoms with Crippen LogP contribution in [0.25, 0.3) is 5.65 Å². The van der Waals surface area contributed by atoms with E-state index in [0.717, 1.165) is 49.5 Å². The number of rotatable bonds is 7. The van der Waals surface area contributed by atoms with Gasteiger partial charge in [-0.05, 0) is 46.7 Å². The molecule has 3 aromatic heterocycles. The Kier molecular flexibility index (Phi) is 6.61. The van der Waals surface area contributed by atoms with Crippen LogP contribution in [0.3, 0.4) is 0 Å². The third kappa shape index (κ3) is 4.56. The Balaban J connectivity index is 1.60. The average molecular weight is 439 g/mol. The van der Waals surface area contributed by atoms with Crippen LogP contribution in [-0.4, -0.2) is 63.0 Å². The van der Waals surface area contributed by atoms with E-state index >= 15 is 0 Å². The fourth-order valence-electron chi connectivity index (χ4n) is 4.18. The lowest BCUT2D eigenvalue weighted by atomic mass is 10.1. The van der Waals surface area contributed by atoms with E-state index < -0.39 is 0 Å². The highest BCUT2D eigenvalue weighted by molar-refractivity contribution is 6.04. The van der Waals surface area contributed by atoms with Crippen LogP contribution in [0.4, 0.5) is 11.8 Å². The number of imidazole rings is 1. The first kappa shape index (κ1) is 22.1. The highest BCUT2D eigenvalue weighted by Crippen LogP contribution is 2.21. The molecule has 1 saturated heterocycles. The minimum absolute atomic E-state index is 0.217. The lowest BCUT2D eigenvalue weighted by Gasteiger charge is -2.34. The van der Waals surface area contributed by atoms with Gasteiger partial charge in [0.15, 0.2) is 5.65 Å². The Morgan fingerprint density at radius 3 is 2.75 bits per heavy atom. The number of hydrogen-bond donors (Lipinski definition) is 2. The molecule has 1 aliphatic rings. The summed E-state index contributed by atoms with van der Waals surface area (Å²) in [5.74, 6) is 0.749. The molecule has 1 amide bonds. The molecule has 0 aliphatic carbocycles. The number of nitrogens with zero attached hydrogens (tertiary/aromatic N) is 6. The van der Waals surface area contributed by atoms with Gasteiger partial charge in [-0.3, -0.25) is 4.79 Å². The first-order valence-electron chi connectivity index (χ1n) is 11.0. The van der Waals surface area contributed by atoms with Crippen LogP contribution in [-0.2, 0) is 11.3 Å². The van der Waals surface area contributed by atoms with Gasteiger partial charge < -0.3 is 24.7 Å². The van der Waals surface area contributed by atoms with Crippen LogP contribution >= 0.6 is 0 Å². The molecule has 4 heterocycles. The number of carbonyl (C=O) groups excluding carboxylic acids is 1. The molecule has 0 unspecified atom stereocenters. The Morgan fingerprint density at radius 1 is 1.25 bits per heavy atom. The van der Waals surface area contributed by atoms with E-state index in [1.807, 2.05) is 24.4 Å². The minimum atomic E-state index is -0.323. The van der Waals surface area contributed by atoms with E-state index in [2.05, 4.69) is 37.4 Å². The average Bonchev–Trinajstić information content (AvgIpc) is 3.16. The van der Waals surface area contributed by atoms with Gasteiger partial charge >= 0.3 is 0 Å². The topological polar surface area (TPSA) is 110 Å². The van der Waals surface area contributed by atoms with Crippen molar-refractivity contribution >= 4 is 23.3 Å². The van der Waals surface area contributed by atoms with Crippen molar-refractivity contribution in [2.24, 2.45) is 0 Å².